The third kappa shape index (κ3) is 1.98. The highest BCUT2D eigenvalue weighted by Crippen LogP contribution is 2.45. The van der Waals surface area contributed by atoms with Crippen LogP contribution in [0.3, 0.4) is 0 Å². The van der Waals surface area contributed by atoms with Crippen LogP contribution in [0, 0.1) is 6.92 Å². The zero-order chi connectivity index (χ0) is 14.2. The van der Waals surface area contributed by atoms with Gasteiger partial charge in [0.25, 0.3) is 0 Å². The minimum Gasteiger partial charge on any atom is -0.464 e. The maximum absolute atomic E-state index is 10.9. The van der Waals surface area contributed by atoms with Crippen LogP contribution in [0.2, 0.25) is 0 Å². The Kier molecular flexibility index (Phi) is 3.40. The maximum atomic E-state index is 10.9. The number of nitrogens with two attached hydrogens (primary N) is 1. The number of furan rings is 1. The number of aliphatic hydroxyl groups is 1. The molecule has 2 unspecified atom stereocenters. The molecule has 0 amide bonds. The molecule has 3 nitrogen and oxygen atoms in total. The number of benzene rings is 1. The zero-order valence-corrected chi connectivity index (χ0v) is 11.8. The van der Waals surface area contributed by atoms with E-state index >= 15 is 0 Å². The molecule has 1 heterocycles. The Hall–Kier alpha value is -1.58. The Labute approximate surface area is 119 Å². The fourth-order valence-corrected chi connectivity index (χ4v) is 3.43. The molecule has 0 fully saturated rings. The molecule has 3 rings (SSSR count). The van der Waals surface area contributed by atoms with E-state index in [1.807, 2.05) is 25.1 Å². The molecular formula is C17H21NO2. The molecule has 0 saturated heterocycles. The van der Waals surface area contributed by atoms with E-state index in [0.717, 1.165) is 25.0 Å². The van der Waals surface area contributed by atoms with Crippen LogP contribution in [0.4, 0.5) is 0 Å². The predicted molar refractivity (Wildman–Crippen MR) is 78.5 cm³/mol. The van der Waals surface area contributed by atoms with Crippen molar-refractivity contribution in [3.63, 3.8) is 0 Å². The van der Waals surface area contributed by atoms with E-state index in [4.69, 9.17) is 10.2 Å². The van der Waals surface area contributed by atoms with Crippen molar-refractivity contribution in [2.45, 2.75) is 37.7 Å². The van der Waals surface area contributed by atoms with Crippen molar-refractivity contribution in [3.05, 3.63) is 59.0 Å². The van der Waals surface area contributed by atoms with Crippen LogP contribution in [0.25, 0.3) is 0 Å². The molecule has 1 aliphatic rings. The normalized spacial score (nSPS) is 23.4. The molecule has 0 aliphatic heterocycles. The van der Waals surface area contributed by atoms with Gasteiger partial charge in [0, 0.05) is 12.0 Å². The Morgan fingerprint density at radius 3 is 2.80 bits per heavy atom. The number of hydrogen-bond acceptors (Lipinski definition) is 3. The summed E-state index contributed by atoms with van der Waals surface area (Å²) < 4.78 is 5.63. The van der Waals surface area contributed by atoms with Crippen LogP contribution in [0.5, 0.6) is 0 Å². The topological polar surface area (TPSA) is 59.4 Å². The lowest BCUT2D eigenvalue weighted by Crippen LogP contribution is -2.43. The lowest BCUT2D eigenvalue weighted by Gasteiger charge is -2.41. The largest absolute Gasteiger partial charge is 0.464 e. The second kappa shape index (κ2) is 5.08. The Morgan fingerprint density at radius 2 is 2.10 bits per heavy atom. The first-order valence-electron chi connectivity index (χ1n) is 7.20. The monoisotopic (exact) mass is 271 g/mol. The van der Waals surface area contributed by atoms with Gasteiger partial charge in [-0.25, -0.2) is 0 Å². The summed E-state index contributed by atoms with van der Waals surface area (Å²) in [5.41, 5.74) is 8.14. The first-order chi connectivity index (χ1) is 9.67. The number of hydrogen-bond donors (Lipinski definition) is 2. The molecule has 20 heavy (non-hydrogen) atoms. The van der Waals surface area contributed by atoms with Crippen LogP contribution in [-0.2, 0) is 11.8 Å². The van der Waals surface area contributed by atoms with E-state index < -0.39 is 11.5 Å². The van der Waals surface area contributed by atoms with Gasteiger partial charge in [-0.3, -0.25) is 0 Å². The van der Waals surface area contributed by atoms with Crippen LogP contribution >= 0.6 is 0 Å². The van der Waals surface area contributed by atoms with E-state index in [1.54, 1.807) is 0 Å². The predicted octanol–water partition coefficient (Wildman–Crippen LogP) is 2.85. The van der Waals surface area contributed by atoms with E-state index in [1.165, 1.54) is 11.1 Å². The lowest BCUT2D eigenvalue weighted by molar-refractivity contribution is 0.0521. The van der Waals surface area contributed by atoms with Crippen molar-refractivity contribution < 1.29 is 9.52 Å². The van der Waals surface area contributed by atoms with Gasteiger partial charge in [-0.2, -0.15) is 0 Å². The molecule has 0 radical (unpaired) electrons. The maximum Gasteiger partial charge on any atom is 0.133 e. The minimum atomic E-state index is -0.692. The SMILES string of the molecule is Cc1ccc(C(O)C2(CN)CCCc3ccccc32)o1. The Morgan fingerprint density at radius 1 is 1.30 bits per heavy atom. The van der Waals surface area contributed by atoms with E-state index in [0.29, 0.717) is 12.3 Å². The van der Waals surface area contributed by atoms with Gasteiger partial charge < -0.3 is 15.3 Å². The third-order valence-corrected chi connectivity index (χ3v) is 4.54. The van der Waals surface area contributed by atoms with Crippen molar-refractivity contribution in [3.8, 4) is 0 Å². The van der Waals surface area contributed by atoms with Crippen LogP contribution < -0.4 is 5.73 Å². The standard InChI is InChI=1S/C17H21NO2/c1-12-8-9-15(20-12)16(19)17(11-18)10-4-6-13-5-2-3-7-14(13)17/h2-3,5,7-9,16,19H,4,6,10-11,18H2,1H3. The third-order valence-electron chi connectivity index (χ3n) is 4.54. The molecule has 0 saturated carbocycles. The van der Waals surface area contributed by atoms with Crippen molar-refractivity contribution in [2.24, 2.45) is 5.73 Å². The number of rotatable bonds is 3. The molecule has 106 valence electrons. The average molecular weight is 271 g/mol. The fourth-order valence-electron chi connectivity index (χ4n) is 3.43. The van der Waals surface area contributed by atoms with Gasteiger partial charge >= 0.3 is 0 Å². The van der Waals surface area contributed by atoms with Crippen molar-refractivity contribution in [1.82, 2.24) is 0 Å². The van der Waals surface area contributed by atoms with Gasteiger partial charge in [0.1, 0.15) is 17.6 Å². The molecule has 0 spiro atoms. The number of aliphatic hydroxyl groups excluding tert-OH is 1. The molecule has 1 aromatic carbocycles. The van der Waals surface area contributed by atoms with Crippen LogP contribution in [-0.4, -0.2) is 11.7 Å². The summed E-state index contributed by atoms with van der Waals surface area (Å²) >= 11 is 0. The zero-order valence-electron chi connectivity index (χ0n) is 11.8. The summed E-state index contributed by atoms with van der Waals surface area (Å²) in [6.45, 7) is 2.31. The molecule has 2 aromatic rings. The average Bonchev–Trinajstić information content (AvgIpc) is 2.92. The summed E-state index contributed by atoms with van der Waals surface area (Å²) in [7, 11) is 0. The Balaban J connectivity index is 2.08. The van der Waals surface area contributed by atoms with Gasteiger partial charge in [0.15, 0.2) is 0 Å². The van der Waals surface area contributed by atoms with Gasteiger partial charge in [-0.1, -0.05) is 24.3 Å². The summed E-state index contributed by atoms with van der Waals surface area (Å²) in [4.78, 5) is 0. The quantitative estimate of drug-likeness (QED) is 0.902. The summed E-state index contributed by atoms with van der Waals surface area (Å²) in [5, 5.41) is 10.9. The van der Waals surface area contributed by atoms with E-state index in [2.05, 4.69) is 18.2 Å². The van der Waals surface area contributed by atoms with Gasteiger partial charge in [0.2, 0.25) is 0 Å². The van der Waals surface area contributed by atoms with Crippen LogP contribution in [0.15, 0.2) is 40.8 Å². The minimum absolute atomic E-state index is 0.422. The first kappa shape index (κ1) is 13.4. The number of fused-ring (bicyclic) bond motifs is 1. The molecule has 1 aliphatic carbocycles. The van der Waals surface area contributed by atoms with Gasteiger partial charge in [0.05, 0.1) is 0 Å². The molecular weight excluding hydrogens is 250 g/mol. The van der Waals surface area contributed by atoms with E-state index in [9.17, 15) is 5.11 Å². The smallest absolute Gasteiger partial charge is 0.133 e. The second-order valence-corrected chi connectivity index (χ2v) is 5.72. The highest BCUT2D eigenvalue weighted by molar-refractivity contribution is 5.39. The molecule has 3 N–H and O–H groups in total. The molecule has 1 aromatic heterocycles. The van der Waals surface area contributed by atoms with Gasteiger partial charge in [-0.15, -0.1) is 0 Å². The van der Waals surface area contributed by atoms with E-state index in [-0.39, 0.29) is 0 Å². The van der Waals surface area contributed by atoms with Gasteiger partial charge in [-0.05, 0) is 49.4 Å². The first-order valence-corrected chi connectivity index (χ1v) is 7.20. The van der Waals surface area contributed by atoms with Crippen molar-refractivity contribution in [1.29, 1.82) is 0 Å². The molecule has 0 bridgehead atoms. The highest BCUT2D eigenvalue weighted by Gasteiger charge is 2.43. The summed E-state index contributed by atoms with van der Waals surface area (Å²) in [6, 6.07) is 12.1. The summed E-state index contributed by atoms with van der Waals surface area (Å²) in [6.07, 6.45) is 2.30. The Bertz CT molecular complexity index is 605. The van der Waals surface area contributed by atoms with Crippen molar-refractivity contribution in [2.75, 3.05) is 6.54 Å². The highest BCUT2D eigenvalue weighted by atomic mass is 16.4. The molecule has 2 atom stereocenters. The second-order valence-electron chi connectivity index (χ2n) is 5.72. The van der Waals surface area contributed by atoms with Crippen molar-refractivity contribution >= 4 is 0 Å². The summed E-state index contributed by atoms with van der Waals surface area (Å²) in [5.74, 6) is 1.43. The number of aryl methyl sites for hydroxylation is 2. The fraction of sp³-hybridized carbons (Fsp3) is 0.412. The van der Waals surface area contributed by atoms with Crippen LogP contribution in [0.1, 0.15) is 41.6 Å². The lowest BCUT2D eigenvalue weighted by atomic mass is 9.66. The molecule has 3 heteroatoms.